The largest absolute Gasteiger partial charge is 0.496 e. The van der Waals surface area contributed by atoms with Gasteiger partial charge in [0.2, 0.25) is 0 Å². The van der Waals surface area contributed by atoms with Crippen molar-refractivity contribution in [3.8, 4) is 5.75 Å². The summed E-state index contributed by atoms with van der Waals surface area (Å²) in [5.74, 6) is 0.675. The number of anilines is 1. The molecule has 0 unspecified atom stereocenters. The number of carbonyl (C=O) groups is 1. The predicted molar refractivity (Wildman–Crippen MR) is 62.8 cm³/mol. The van der Waals surface area contributed by atoms with Crippen molar-refractivity contribution >= 4 is 27.7 Å². The number of rotatable bonds is 4. The van der Waals surface area contributed by atoms with E-state index in [1.165, 1.54) is 0 Å². The molecule has 1 rings (SSSR count). The van der Waals surface area contributed by atoms with E-state index in [1.807, 2.05) is 0 Å². The first kappa shape index (κ1) is 12.8. The molecule has 0 radical (unpaired) electrons. The Morgan fingerprint density at radius 1 is 1.56 bits per heavy atom. The van der Waals surface area contributed by atoms with Gasteiger partial charge in [-0.05, 0) is 34.1 Å². The molecule has 5 nitrogen and oxygen atoms in total. The van der Waals surface area contributed by atoms with E-state index in [2.05, 4.69) is 26.0 Å². The minimum absolute atomic E-state index is 0.0246. The van der Waals surface area contributed by atoms with Gasteiger partial charge in [-0.1, -0.05) is 0 Å². The van der Waals surface area contributed by atoms with E-state index < -0.39 is 6.09 Å². The number of ether oxygens (including phenoxy) is 2. The van der Waals surface area contributed by atoms with Crippen LogP contribution in [-0.4, -0.2) is 31.5 Å². The quantitative estimate of drug-likeness (QED) is 0.890. The lowest BCUT2D eigenvalue weighted by Crippen LogP contribution is -2.15. The average Bonchev–Trinajstić information content (AvgIpc) is 2.26. The van der Waals surface area contributed by atoms with Crippen molar-refractivity contribution in [3.63, 3.8) is 0 Å². The number of methoxy groups -OCH3 is 1. The lowest BCUT2D eigenvalue weighted by atomic mass is 10.3. The maximum absolute atomic E-state index is 11.1. The molecule has 88 valence electrons. The van der Waals surface area contributed by atoms with Gasteiger partial charge in [0, 0.05) is 5.69 Å². The molecule has 0 heterocycles. The molecule has 0 atom stereocenters. The summed E-state index contributed by atoms with van der Waals surface area (Å²) in [6.07, 6.45) is -0.605. The fraction of sp³-hybridized carbons (Fsp3) is 0.300. The van der Waals surface area contributed by atoms with Gasteiger partial charge in [-0.2, -0.15) is 0 Å². The van der Waals surface area contributed by atoms with Gasteiger partial charge in [0.05, 0.1) is 18.2 Å². The smallest absolute Gasteiger partial charge is 0.411 e. The first-order valence-electron chi connectivity index (χ1n) is 4.55. The summed E-state index contributed by atoms with van der Waals surface area (Å²) in [6, 6.07) is 5.09. The number of halogens is 1. The van der Waals surface area contributed by atoms with Crippen molar-refractivity contribution in [1.82, 2.24) is 0 Å². The fourth-order valence-electron chi connectivity index (χ4n) is 1.04. The Morgan fingerprint density at radius 3 is 2.88 bits per heavy atom. The Hall–Kier alpha value is -1.27. The van der Waals surface area contributed by atoms with Crippen LogP contribution in [0.5, 0.6) is 5.75 Å². The highest BCUT2D eigenvalue weighted by atomic mass is 79.9. The topological polar surface area (TPSA) is 67.8 Å². The zero-order chi connectivity index (χ0) is 12.0. The van der Waals surface area contributed by atoms with Crippen molar-refractivity contribution < 1.29 is 19.4 Å². The van der Waals surface area contributed by atoms with Crippen molar-refractivity contribution in [2.75, 3.05) is 25.6 Å². The van der Waals surface area contributed by atoms with Crippen LogP contribution in [0, 0.1) is 0 Å². The Morgan fingerprint density at radius 2 is 2.31 bits per heavy atom. The fourth-order valence-corrected chi connectivity index (χ4v) is 1.58. The van der Waals surface area contributed by atoms with Crippen LogP contribution >= 0.6 is 15.9 Å². The summed E-state index contributed by atoms with van der Waals surface area (Å²) in [5.41, 5.74) is 0.579. The van der Waals surface area contributed by atoms with E-state index >= 15 is 0 Å². The molecule has 1 aromatic carbocycles. The van der Waals surface area contributed by atoms with E-state index in [1.54, 1.807) is 25.3 Å². The standard InChI is InChI=1S/C10H12BrNO4/c1-15-9-3-2-7(6-8(9)11)12-10(14)16-5-4-13/h2-3,6,13H,4-5H2,1H3,(H,12,14). The van der Waals surface area contributed by atoms with Crippen molar-refractivity contribution in [3.05, 3.63) is 22.7 Å². The highest BCUT2D eigenvalue weighted by Gasteiger charge is 2.05. The first-order chi connectivity index (χ1) is 7.67. The zero-order valence-electron chi connectivity index (χ0n) is 8.70. The summed E-state index contributed by atoms with van der Waals surface area (Å²) in [4.78, 5) is 11.1. The van der Waals surface area contributed by atoms with E-state index in [9.17, 15) is 4.79 Å². The third-order valence-electron chi connectivity index (χ3n) is 1.72. The molecule has 0 aromatic heterocycles. The van der Waals surface area contributed by atoms with E-state index in [0.29, 0.717) is 11.4 Å². The number of hydrogen-bond donors (Lipinski definition) is 2. The van der Waals surface area contributed by atoms with E-state index in [4.69, 9.17) is 9.84 Å². The molecule has 0 fully saturated rings. The molecule has 0 aliphatic rings. The van der Waals surface area contributed by atoms with Crippen LogP contribution in [0.3, 0.4) is 0 Å². The van der Waals surface area contributed by atoms with Gasteiger partial charge in [-0.15, -0.1) is 0 Å². The molecule has 6 heteroatoms. The second-order valence-electron chi connectivity index (χ2n) is 2.83. The van der Waals surface area contributed by atoms with Gasteiger partial charge < -0.3 is 14.6 Å². The highest BCUT2D eigenvalue weighted by Crippen LogP contribution is 2.27. The summed E-state index contributed by atoms with van der Waals surface area (Å²) >= 11 is 3.29. The zero-order valence-corrected chi connectivity index (χ0v) is 10.3. The van der Waals surface area contributed by atoms with Crippen molar-refractivity contribution in [2.24, 2.45) is 0 Å². The van der Waals surface area contributed by atoms with Crippen LogP contribution in [0.25, 0.3) is 0 Å². The number of amides is 1. The summed E-state index contributed by atoms with van der Waals surface area (Å²) in [6.45, 7) is -0.219. The van der Waals surface area contributed by atoms with Crippen LogP contribution in [0.15, 0.2) is 22.7 Å². The second kappa shape index (κ2) is 6.34. The van der Waals surface area contributed by atoms with E-state index in [0.717, 1.165) is 4.47 Å². The molecule has 0 saturated heterocycles. The Balaban J connectivity index is 2.61. The Bertz CT molecular complexity index is 370. The molecular weight excluding hydrogens is 278 g/mol. The molecular formula is C10H12BrNO4. The summed E-state index contributed by atoms with van der Waals surface area (Å²) < 4.78 is 10.4. The summed E-state index contributed by atoms with van der Waals surface area (Å²) in [7, 11) is 1.56. The third-order valence-corrected chi connectivity index (χ3v) is 2.34. The number of benzene rings is 1. The lowest BCUT2D eigenvalue weighted by molar-refractivity contribution is 0.131. The second-order valence-corrected chi connectivity index (χ2v) is 3.69. The van der Waals surface area contributed by atoms with Gasteiger partial charge in [-0.25, -0.2) is 4.79 Å². The number of hydrogen-bond acceptors (Lipinski definition) is 4. The van der Waals surface area contributed by atoms with Crippen molar-refractivity contribution in [2.45, 2.75) is 0 Å². The van der Waals surface area contributed by atoms with Gasteiger partial charge in [0.25, 0.3) is 0 Å². The van der Waals surface area contributed by atoms with Crippen LogP contribution in [-0.2, 0) is 4.74 Å². The van der Waals surface area contributed by atoms with Crippen LogP contribution < -0.4 is 10.1 Å². The normalized spacial score (nSPS) is 9.69. The lowest BCUT2D eigenvalue weighted by Gasteiger charge is -2.08. The van der Waals surface area contributed by atoms with E-state index in [-0.39, 0.29) is 13.2 Å². The minimum Gasteiger partial charge on any atom is -0.496 e. The molecule has 0 bridgehead atoms. The SMILES string of the molecule is COc1ccc(NC(=O)OCCO)cc1Br. The molecule has 1 amide bonds. The van der Waals surface area contributed by atoms with Crippen molar-refractivity contribution in [1.29, 1.82) is 0 Å². The van der Waals surface area contributed by atoms with Gasteiger partial charge in [0.1, 0.15) is 12.4 Å². The molecule has 16 heavy (non-hydrogen) atoms. The van der Waals surface area contributed by atoms with Gasteiger partial charge in [0.15, 0.2) is 0 Å². The minimum atomic E-state index is -0.605. The molecule has 0 aliphatic heterocycles. The first-order valence-corrected chi connectivity index (χ1v) is 5.35. The molecule has 2 N–H and O–H groups in total. The number of carbonyl (C=O) groups excluding carboxylic acids is 1. The number of nitrogens with one attached hydrogen (secondary N) is 1. The highest BCUT2D eigenvalue weighted by molar-refractivity contribution is 9.10. The molecule has 0 saturated carbocycles. The molecule has 0 spiro atoms. The van der Waals surface area contributed by atoms with Gasteiger partial charge >= 0.3 is 6.09 Å². The predicted octanol–water partition coefficient (Wildman–Crippen LogP) is 2.00. The van der Waals surface area contributed by atoms with Crippen LogP contribution in [0.4, 0.5) is 10.5 Å². The molecule has 0 aliphatic carbocycles. The monoisotopic (exact) mass is 289 g/mol. The Labute approximate surface area is 101 Å². The Kier molecular flexibility index (Phi) is 5.07. The number of aliphatic hydroxyl groups is 1. The van der Waals surface area contributed by atoms with Crippen LogP contribution in [0.2, 0.25) is 0 Å². The maximum Gasteiger partial charge on any atom is 0.411 e. The average molecular weight is 290 g/mol. The third kappa shape index (κ3) is 3.71. The molecule has 1 aromatic rings. The van der Waals surface area contributed by atoms with Crippen LogP contribution in [0.1, 0.15) is 0 Å². The number of aliphatic hydroxyl groups excluding tert-OH is 1. The van der Waals surface area contributed by atoms with Gasteiger partial charge in [-0.3, -0.25) is 5.32 Å². The maximum atomic E-state index is 11.1. The summed E-state index contributed by atoms with van der Waals surface area (Å²) in [5, 5.41) is 11.0.